The van der Waals surface area contributed by atoms with Gasteiger partial charge in [-0.05, 0) is 19.9 Å². The summed E-state index contributed by atoms with van der Waals surface area (Å²) in [7, 11) is 0. The number of ether oxygens (including phenoxy) is 1. The van der Waals surface area contributed by atoms with E-state index in [-0.39, 0.29) is 6.10 Å². The number of aromatic nitrogens is 2. The summed E-state index contributed by atoms with van der Waals surface area (Å²) >= 11 is 0. The van der Waals surface area contributed by atoms with Gasteiger partial charge < -0.3 is 10.1 Å². The van der Waals surface area contributed by atoms with Crippen LogP contribution in [0.2, 0.25) is 0 Å². The first-order chi connectivity index (χ1) is 7.24. The highest BCUT2D eigenvalue weighted by molar-refractivity contribution is 5.49. The molecule has 1 heterocycles. The van der Waals surface area contributed by atoms with Gasteiger partial charge in [0.1, 0.15) is 6.07 Å². The minimum Gasteiger partial charge on any atom is -0.377 e. The molecule has 0 aliphatic rings. The molecule has 0 amide bonds. The third-order valence-corrected chi connectivity index (χ3v) is 1.69. The maximum absolute atomic E-state index is 8.77. The molecule has 0 radical (unpaired) electrons. The number of anilines is 1. The first-order valence-corrected chi connectivity index (χ1v) is 4.81. The molecule has 5 heteroatoms. The van der Waals surface area contributed by atoms with Crippen molar-refractivity contribution >= 4 is 5.82 Å². The van der Waals surface area contributed by atoms with E-state index in [1.165, 1.54) is 6.20 Å². The highest BCUT2D eigenvalue weighted by Gasteiger charge is 2.01. The third-order valence-electron chi connectivity index (χ3n) is 1.69. The number of nitrogens with zero attached hydrogens (tertiary/aromatic N) is 3. The molecule has 0 aliphatic heterocycles. The minimum atomic E-state index is 0.212. The van der Waals surface area contributed by atoms with Crippen molar-refractivity contribution in [3.63, 3.8) is 0 Å². The van der Waals surface area contributed by atoms with Crippen molar-refractivity contribution in [3.8, 4) is 6.07 Å². The molecular formula is C10H14N4O. The van der Waals surface area contributed by atoms with Crippen LogP contribution in [0.1, 0.15) is 19.4 Å². The van der Waals surface area contributed by atoms with Gasteiger partial charge in [-0.15, -0.1) is 5.10 Å². The van der Waals surface area contributed by atoms with Crippen molar-refractivity contribution in [1.29, 1.82) is 5.26 Å². The summed E-state index contributed by atoms with van der Waals surface area (Å²) in [6, 6.07) is 3.66. The van der Waals surface area contributed by atoms with Crippen molar-refractivity contribution in [2.75, 3.05) is 18.5 Å². The highest BCUT2D eigenvalue weighted by Crippen LogP contribution is 2.07. The lowest BCUT2D eigenvalue weighted by Crippen LogP contribution is -2.14. The Morgan fingerprint density at radius 3 is 3.07 bits per heavy atom. The number of nitriles is 1. The summed E-state index contributed by atoms with van der Waals surface area (Å²) in [5.74, 6) is 0.507. The lowest BCUT2D eigenvalue weighted by molar-refractivity contribution is 0.0870. The Hall–Kier alpha value is -1.67. The number of hydrogen-bond donors (Lipinski definition) is 1. The van der Waals surface area contributed by atoms with Gasteiger partial charge in [-0.1, -0.05) is 0 Å². The van der Waals surface area contributed by atoms with Gasteiger partial charge in [0.25, 0.3) is 0 Å². The lowest BCUT2D eigenvalue weighted by Gasteiger charge is -2.08. The van der Waals surface area contributed by atoms with E-state index in [0.29, 0.717) is 24.5 Å². The minimum absolute atomic E-state index is 0.212. The molecule has 1 aromatic heterocycles. The van der Waals surface area contributed by atoms with Crippen LogP contribution in [0.25, 0.3) is 0 Å². The Labute approximate surface area is 89.1 Å². The zero-order valence-electron chi connectivity index (χ0n) is 8.90. The van der Waals surface area contributed by atoms with Crippen LogP contribution < -0.4 is 5.32 Å². The molecule has 0 unspecified atom stereocenters. The first kappa shape index (κ1) is 11.4. The van der Waals surface area contributed by atoms with Crippen LogP contribution >= 0.6 is 0 Å². The summed E-state index contributed by atoms with van der Waals surface area (Å²) < 4.78 is 5.34. The second-order valence-corrected chi connectivity index (χ2v) is 3.25. The van der Waals surface area contributed by atoms with Gasteiger partial charge >= 0.3 is 0 Å². The number of hydrogen-bond acceptors (Lipinski definition) is 5. The molecule has 0 fully saturated rings. The van der Waals surface area contributed by atoms with Crippen LogP contribution in [0.3, 0.4) is 0 Å². The average molecular weight is 206 g/mol. The van der Waals surface area contributed by atoms with Crippen molar-refractivity contribution in [1.82, 2.24) is 10.2 Å². The quantitative estimate of drug-likeness (QED) is 0.732. The Balaban J connectivity index is 2.41. The molecule has 80 valence electrons. The maximum atomic E-state index is 8.77. The summed E-state index contributed by atoms with van der Waals surface area (Å²) in [5, 5.41) is 19.3. The van der Waals surface area contributed by atoms with Crippen LogP contribution in [0.4, 0.5) is 5.82 Å². The van der Waals surface area contributed by atoms with Gasteiger partial charge in [0.05, 0.1) is 24.5 Å². The fourth-order valence-corrected chi connectivity index (χ4v) is 1.02. The van der Waals surface area contributed by atoms with Gasteiger partial charge in [0, 0.05) is 6.54 Å². The van der Waals surface area contributed by atoms with E-state index < -0.39 is 0 Å². The fourth-order valence-electron chi connectivity index (χ4n) is 1.02. The van der Waals surface area contributed by atoms with Gasteiger partial charge in [-0.2, -0.15) is 10.4 Å². The Morgan fingerprint density at radius 1 is 1.60 bits per heavy atom. The second kappa shape index (κ2) is 5.94. The van der Waals surface area contributed by atoms with Crippen LogP contribution in [0.5, 0.6) is 0 Å². The van der Waals surface area contributed by atoms with Gasteiger partial charge in [0.2, 0.25) is 0 Å². The Morgan fingerprint density at radius 2 is 2.40 bits per heavy atom. The molecule has 1 aromatic rings. The predicted molar refractivity (Wildman–Crippen MR) is 56.3 cm³/mol. The second-order valence-electron chi connectivity index (χ2n) is 3.25. The summed E-state index contributed by atoms with van der Waals surface area (Å²) in [6.45, 7) is 5.15. The molecule has 0 bridgehead atoms. The molecule has 1 rings (SSSR count). The monoisotopic (exact) mass is 206 g/mol. The van der Waals surface area contributed by atoms with Gasteiger partial charge in [0.15, 0.2) is 5.82 Å². The van der Waals surface area contributed by atoms with Gasteiger partial charge in [-0.25, -0.2) is 0 Å². The summed E-state index contributed by atoms with van der Waals surface area (Å²) in [5.41, 5.74) is 0.495. The largest absolute Gasteiger partial charge is 0.377 e. The van der Waals surface area contributed by atoms with Gasteiger partial charge in [-0.3, -0.25) is 0 Å². The van der Waals surface area contributed by atoms with E-state index in [4.69, 9.17) is 10.00 Å². The highest BCUT2D eigenvalue weighted by atomic mass is 16.5. The van der Waals surface area contributed by atoms with E-state index in [2.05, 4.69) is 15.5 Å². The first-order valence-electron chi connectivity index (χ1n) is 4.81. The SMILES string of the molecule is CC(C)OCCNc1nnccc1C#N. The van der Waals surface area contributed by atoms with Crippen molar-refractivity contribution in [3.05, 3.63) is 17.8 Å². The van der Waals surface area contributed by atoms with E-state index in [9.17, 15) is 0 Å². The predicted octanol–water partition coefficient (Wildman–Crippen LogP) is 1.19. The Bertz CT molecular complexity index is 346. The molecule has 0 aliphatic carbocycles. The van der Waals surface area contributed by atoms with Crippen molar-refractivity contribution < 1.29 is 4.74 Å². The van der Waals surface area contributed by atoms with Crippen LogP contribution in [-0.4, -0.2) is 29.5 Å². The van der Waals surface area contributed by atoms with E-state index in [0.717, 1.165) is 0 Å². The zero-order chi connectivity index (χ0) is 11.1. The zero-order valence-corrected chi connectivity index (χ0v) is 8.90. The average Bonchev–Trinajstić information content (AvgIpc) is 2.24. The molecule has 0 saturated carbocycles. The Kier molecular flexibility index (Phi) is 4.51. The van der Waals surface area contributed by atoms with Crippen LogP contribution in [0.15, 0.2) is 12.3 Å². The molecule has 0 atom stereocenters. The topological polar surface area (TPSA) is 70.8 Å². The standard InChI is InChI=1S/C10H14N4O/c1-8(2)15-6-5-12-10-9(7-11)3-4-13-14-10/h3-4,8H,5-6H2,1-2H3,(H,12,14). The van der Waals surface area contributed by atoms with Crippen LogP contribution in [0, 0.1) is 11.3 Å². The summed E-state index contributed by atoms with van der Waals surface area (Å²) in [4.78, 5) is 0. The molecular weight excluding hydrogens is 192 g/mol. The summed E-state index contributed by atoms with van der Waals surface area (Å²) in [6.07, 6.45) is 1.71. The van der Waals surface area contributed by atoms with E-state index in [1.54, 1.807) is 6.07 Å². The van der Waals surface area contributed by atoms with Crippen LogP contribution in [-0.2, 0) is 4.74 Å². The lowest BCUT2D eigenvalue weighted by atomic mass is 10.3. The molecule has 0 aromatic carbocycles. The molecule has 15 heavy (non-hydrogen) atoms. The molecule has 5 nitrogen and oxygen atoms in total. The number of nitrogens with one attached hydrogen (secondary N) is 1. The van der Waals surface area contributed by atoms with Crippen molar-refractivity contribution in [2.24, 2.45) is 0 Å². The van der Waals surface area contributed by atoms with E-state index >= 15 is 0 Å². The van der Waals surface area contributed by atoms with Crippen molar-refractivity contribution in [2.45, 2.75) is 20.0 Å². The van der Waals surface area contributed by atoms with E-state index in [1.807, 2.05) is 19.9 Å². The molecule has 0 spiro atoms. The molecule has 0 saturated heterocycles. The molecule has 1 N–H and O–H groups in total. The maximum Gasteiger partial charge on any atom is 0.166 e. The number of rotatable bonds is 5. The normalized spacial score (nSPS) is 10.0. The third kappa shape index (κ3) is 3.92. The smallest absolute Gasteiger partial charge is 0.166 e. The fraction of sp³-hybridized carbons (Fsp3) is 0.500.